The van der Waals surface area contributed by atoms with Gasteiger partial charge in [-0.25, -0.2) is 8.78 Å². The molecule has 1 aromatic carbocycles. The summed E-state index contributed by atoms with van der Waals surface area (Å²) in [5, 5.41) is 0. The second-order valence-corrected chi connectivity index (χ2v) is 3.13. The van der Waals surface area contributed by atoms with Gasteiger partial charge in [0.05, 0.1) is 0 Å². The highest BCUT2D eigenvalue weighted by molar-refractivity contribution is 5.23. The van der Waals surface area contributed by atoms with Gasteiger partial charge in [0.25, 0.3) is 5.92 Å². The Hall–Kier alpha value is -1.18. The van der Waals surface area contributed by atoms with Crippen LogP contribution in [-0.2, 0) is 6.42 Å². The van der Waals surface area contributed by atoms with Crippen molar-refractivity contribution >= 4 is 0 Å². The largest absolute Gasteiger partial charge is 0.270 e. The van der Waals surface area contributed by atoms with Crippen molar-refractivity contribution in [2.75, 3.05) is 0 Å². The van der Waals surface area contributed by atoms with Crippen molar-refractivity contribution in [3.8, 4) is 0 Å². The van der Waals surface area contributed by atoms with Crippen molar-refractivity contribution in [3.05, 3.63) is 48.0 Å². The molecule has 0 saturated heterocycles. The number of benzene rings is 1. The number of hydrogen-bond acceptors (Lipinski definition) is 0. The number of rotatable bonds is 3. The van der Waals surface area contributed by atoms with Crippen molar-refractivity contribution in [2.45, 2.75) is 19.3 Å². The molecule has 0 spiro atoms. The summed E-state index contributed by atoms with van der Waals surface area (Å²) in [5.74, 6) is -2.80. The van der Waals surface area contributed by atoms with Gasteiger partial charge in [-0.1, -0.05) is 36.4 Å². The zero-order chi connectivity index (χ0) is 9.90. The molecule has 1 rings (SSSR count). The Labute approximate surface area is 76.9 Å². The monoisotopic (exact) mass is 182 g/mol. The zero-order valence-electron chi connectivity index (χ0n) is 7.56. The highest BCUT2D eigenvalue weighted by Crippen LogP contribution is 2.20. The van der Waals surface area contributed by atoms with Crippen LogP contribution < -0.4 is 0 Å². The average molecular weight is 182 g/mol. The lowest BCUT2D eigenvalue weighted by molar-refractivity contribution is 0.0562. The van der Waals surface area contributed by atoms with E-state index in [4.69, 9.17) is 0 Å². The van der Waals surface area contributed by atoms with Crippen molar-refractivity contribution in [1.29, 1.82) is 0 Å². The third-order valence-corrected chi connectivity index (χ3v) is 1.86. The molecule has 0 radical (unpaired) electrons. The minimum atomic E-state index is -2.80. The van der Waals surface area contributed by atoms with Crippen molar-refractivity contribution in [3.63, 3.8) is 0 Å². The first-order valence-corrected chi connectivity index (χ1v) is 4.10. The average Bonchev–Trinajstić information content (AvgIpc) is 2.09. The lowest BCUT2D eigenvalue weighted by atomic mass is 10.1. The summed E-state index contributed by atoms with van der Waals surface area (Å²) in [5.41, 5.74) is 1.71. The van der Waals surface area contributed by atoms with Crippen molar-refractivity contribution < 1.29 is 8.78 Å². The second kappa shape index (κ2) is 3.69. The van der Waals surface area contributed by atoms with Gasteiger partial charge in [0, 0.05) is 6.42 Å². The van der Waals surface area contributed by atoms with Gasteiger partial charge in [-0.2, -0.15) is 0 Å². The fraction of sp³-hybridized carbons (Fsp3) is 0.273. The van der Waals surface area contributed by atoms with E-state index in [1.807, 2.05) is 19.1 Å². The summed E-state index contributed by atoms with van der Waals surface area (Å²) >= 11 is 0. The van der Waals surface area contributed by atoms with Gasteiger partial charge in [-0.15, -0.1) is 0 Å². The van der Waals surface area contributed by atoms with E-state index in [0.29, 0.717) is 11.6 Å². The Bertz CT molecular complexity index is 285. The second-order valence-electron chi connectivity index (χ2n) is 3.13. The van der Waals surface area contributed by atoms with Crippen LogP contribution in [0.15, 0.2) is 36.9 Å². The smallest absolute Gasteiger partial charge is 0.202 e. The van der Waals surface area contributed by atoms with Crippen LogP contribution in [0.3, 0.4) is 0 Å². The predicted molar refractivity (Wildman–Crippen MR) is 50.0 cm³/mol. The number of allylic oxidation sites excluding steroid dienone is 1. The van der Waals surface area contributed by atoms with Gasteiger partial charge in [-0.3, -0.25) is 0 Å². The zero-order valence-corrected chi connectivity index (χ0v) is 7.56. The van der Waals surface area contributed by atoms with Crippen molar-refractivity contribution in [1.82, 2.24) is 0 Å². The van der Waals surface area contributed by atoms with Crippen LogP contribution in [0, 0.1) is 6.92 Å². The normalized spacial score (nSPS) is 11.3. The van der Waals surface area contributed by atoms with Crippen LogP contribution in [0.2, 0.25) is 0 Å². The molecule has 0 nitrogen and oxygen atoms in total. The number of aryl methyl sites for hydroxylation is 1. The molecule has 0 atom stereocenters. The maximum absolute atomic E-state index is 12.8. The van der Waals surface area contributed by atoms with Crippen molar-refractivity contribution in [2.24, 2.45) is 0 Å². The van der Waals surface area contributed by atoms with Gasteiger partial charge in [0.15, 0.2) is 0 Å². The first-order chi connectivity index (χ1) is 6.03. The molecule has 1 aromatic rings. The molecule has 0 heterocycles. The molecule has 0 aliphatic heterocycles. The quantitative estimate of drug-likeness (QED) is 0.629. The van der Waals surface area contributed by atoms with Crippen LogP contribution in [0.25, 0.3) is 0 Å². The Morgan fingerprint density at radius 2 is 1.85 bits per heavy atom. The van der Waals surface area contributed by atoms with Gasteiger partial charge in [0.1, 0.15) is 0 Å². The predicted octanol–water partition coefficient (Wildman–Crippen LogP) is 3.36. The Morgan fingerprint density at radius 3 is 2.31 bits per heavy atom. The van der Waals surface area contributed by atoms with Gasteiger partial charge in [-0.05, 0) is 18.6 Å². The van der Waals surface area contributed by atoms with Gasteiger partial charge < -0.3 is 0 Å². The molecule has 0 aliphatic carbocycles. The third-order valence-electron chi connectivity index (χ3n) is 1.86. The summed E-state index contributed by atoms with van der Waals surface area (Å²) < 4.78 is 25.6. The van der Waals surface area contributed by atoms with Crippen LogP contribution >= 0.6 is 0 Å². The molecule has 2 heteroatoms. The molecule has 13 heavy (non-hydrogen) atoms. The van der Waals surface area contributed by atoms with Crippen LogP contribution in [-0.4, -0.2) is 5.92 Å². The molecule has 0 aliphatic rings. The molecule has 0 fully saturated rings. The highest BCUT2D eigenvalue weighted by atomic mass is 19.3. The topological polar surface area (TPSA) is 0 Å². The molecule has 0 N–H and O–H groups in total. The first-order valence-electron chi connectivity index (χ1n) is 4.10. The summed E-state index contributed by atoms with van der Waals surface area (Å²) in [6, 6.07) is 7.09. The van der Waals surface area contributed by atoms with E-state index in [-0.39, 0.29) is 6.42 Å². The van der Waals surface area contributed by atoms with E-state index in [1.165, 1.54) is 0 Å². The summed E-state index contributed by atoms with van der Waals surface area (Å²) in [4.78, 5) is 0. The third kappa shape index (κ3) is 2.98. The SMILES string of the molecule is C=CC(F)(F)Cc1ccc(C)cc1. The maximum atomic E-state index is 12.8. The summed E-state index contributed by atoms with van der Waals surface area (Å²) in [6.07, 6.45) is 0.420. The number of alkyl halides is 2. The van der Waals surface area contributed by atoms with Crippen LogP contribution in [0.1, 0.15) is 11.1 Å². The fourth-order valence-corrected chi connectivity index (χ4v) is 1.05. The summed E-state index contributed by atoms with van der Waals surface area (Å²) in [6.45, 7) is 5.02. The minimum Gasteiger partial charge on any atom is -0.202 e. The lowest BCUT2D eigenvalue weighted by Crippen LogP contribution is -2.15. The van der Waals surface area contributed by atoms with Gasteiger partial charge in [0.2, 0.25) is 0 Å². The van der Waals surface area contributed by atoms with Gasteiger partial charge >= 0.3 is 0 Å². The van der Waals surface area contributed by atoms with Crippen LogP contribution in [0.4, 0.5) is 8.78 Å². The van der Waals surface area contributed by atoms with E-state index in [1.54, 1.807) is 12.1 Å². The molecule has 0 aromatic heterocycles. The maximum Gasteiger partial charge on any atom is 0.270 e. The summed E-state index contributed by atoms with van der Waals surface area (Å²) in [7, 11) is 0. The number of halogens is 2. The number of hydrogen-bond donors (Lipinski definition) is 0. The van der Waals surface area contributed by atoms with E-state index in [2.05, 4.69) is 6.58 Å². The van der Waals surface area contributed by atoms with E-state index >= 15 is 0 Å². The Balaban J connectivity index is 2.75. The first kappa shape index (κ1) is 9.90. The Morgan fingerprint density at radius 1 is 1.31 bits per heavy atom. The standard InChI is InChI=1S/C11H12F2/c1-3-11(12,13)8-10-6-4-9(2)5-7-10/h3-7H,1,8H2,2H3. The molecular weight excluding hydrogens is 170 g/mol. The lowest BCUT2D eigenvalue weighted by Gasteiger charge is -2.10. The van der Waals surface area contributed by atoms with Crippen LogP contribution in [0.5, 0.6) is 0 Å². The van der Waals surface area contributed by atoms with E-state index in [9.17, 15) is 8.78 Å². The Kier molecular flexibility index (Phi) is 2.81. The molecular formula is C11H12F2. The molecule has 0 unspecified atom stereocenters. The molecule has 70 valence electrons. The molecule has 0 saturated carbocycles. The minimum absolute atomic E-state index is 0.267. The molecule has 0 amide bonds. The molecule has 0 bridgehead atoms. The van der Waals surface area contributed by atoms with E-state index in [0.717, 1.165) is 5.56 Å². The highest BCUT2D eigenvalue weighted by Gasteiger charge is 2.23. The van der Waals surface area contributed by atoms with E-state index < -0.39 is 5.92 Å². The fourth-order valence-electron chi connectivity index (χ4n) is 1.05.